The molecule has 0 aromatic heterocycles. The van der Waals surface area contributed by atoms with Crippen LogP contribution in [0.1, 0.15) is 42.4 Å². The van der Waals surface area contributed by atoms with E-state index >= 15 is 0 Å². The van der Waals surface area contributed by atoms with Crippen molar-refractivity contribution in [2.24, 2.45) is 5.92 Å². The molecule has 146 valence electrons. The van der Waals surface area contributed by atoms with Crippen LogP contribution in [-0.4, -0.2) is 15.2 Å². The average molecular weight is 391 g/mol. The number of hydrogen-bond acceptors (Lipinski definition) is 2. The van der Waals surface area contributed by atoms with Crippen molar-refractivity contribution in [2.75, 3.05) is 7.11 Å². The van der Waals surface area contributed by atoms with Gasteiger partial charge < -0.3 is 9.47 Å². The second kappa shape index (κ2) is 6.08. The van der Waals surface area contributed by atoms with Crippen LogP contribution in [0.5, 0.6) is 0 Å². The molecule has 3 atom stereocenters. The predicted octanol–water partition coefficient (Wildman–Crippen LogP) is 6.14. The fourth-order valence-electron chi connectivity index (χ4n) is 6.24. The van der Waals surface area contributed by atoms with E-state index in [9.17, 15) is 0 Å². The monoisotopic (exact) mass is 390 g/mol. The molecule has 5 rings (SSSR count). The summed E-state index contributed by atoms with van der Waals surface area (Å²) in [5.41, 5.74) is 3.40. The number of allylic oxidation sites excluding steroid dienone is 1. The summed E-state index contributed by atoms with van der Waals surface area (Å²) in [4.78, 5) is 0. The molecule has 2 aromatic carbocycles. The minimum atomic E-state index is -1.70. The Labute approximate surface area is 169 Å². The molecular formula is C25H30O2Si. The Morgan fingerprint density at radius 2 is 1.64 bits per heavy atom. The predicted molar refractivity (Wildman–Crippen MR) is 116 cm³/mol. The van der Waals surface area contributed by atoms with Gasteiger partial charge in [-0.2, -0.15) is 0 Å². The van der Waals surface area contributed by atoms with E-state index in [1.54, 1.807) is 0 Å². The van der Waals surface area contributed by atoms with Crippen LogP contribution in [-0.2, 0) is 20.7 Å². The molecule has 1 aliphatic carbocycles. The molecule has 1 fully saturated rings. The Hall–Kier alpha value is -1.84. The molecule has 1 spiro atoms. The molecule has 2 bridgehead atoms. The summed E-state index contributed by atoms with van der Waals surface area (Å²) in [5.74, 6) is 1.71. The SMILES string of the molecule is COC1=C([Si](C)(C)C)C23OC(c4ccccc4)(CC2CCC1)c1ccccc13. The summed E-state index contributed by atoms with van der Waals surface area (Å²) < 4.78 is 13.4. The van der Waals surface area contributed by atoms with Crippen molar-refractivity contribution in [3.63, 3.8) is 0 Å². The average Bonchev–Trinajstić information content (AvgIpc) is 3.11. The van der Waals surface area contributed by atoms with Gasteiger partial charge in [0, 0.05) is 6.42 Å². The van der Waals surface area contributed by atoms with Gasteiger partial charge in [0.1, 0.15) is 11.2 Å². The van der Waals surface area contributed by atoms with Gasteiger partial charge >= 0.3 is 0 Å². The van der Waals surface area contributed by atoms with E-state index in [4.69, 9.17) is 9.47 Å². The fraction of sp³-hybridized carbons (Fsp3) is 0.440. The number of fused-ring (bicyclic) bond motifs is 3. The Morgan fingerprint density at radius 1 is 0.964 bits per heavy atom. The first-order valence-corrected chi connectivity index (χ1v) is 14.1. The molecule has 28 heavy (non-hydrogen) atoms. The number of rotatable bonds is 3. The van der Waals surface area contributed by atoms with Gasteiger partial charge in [-0.1, -0.05) is 74.2 Å². The van der Waals surface area contributed by atoms with E-state index in [1.807, 2.05) is 7.11 Å². The topological polar surface area (TPSA) is 18.5 Å². The first-order valence-electron chi connectivity index (χ1n) is 10.6. The molecular weight excluding hydrogens is 360 g/mol. The van der Waals surface area contributed by atoms with Crippen molar-refractivity contribution >= 4 is 8.07 Å². The van der Waals surface area contributed by atoms with Crippen molar-refractivity contribution in [3.05, 3.63) is 82.2 Å². The third-order valence-electron chi connectivity index (χ3n) is 7.05. The second-order valence-electron chi connectivity index (χ2n) is 9.62. The van der Waals surface area contributed by atoms with Gasteiger partial charge in [-0.3, -0.25) is 0 Å². The van der Waals surface area contributed by atoms with Crippen LogP contribution >= 0.6 is 0 Å². The van der Waals surface area contributed by atoms with E-state index in [2.05, 4.69) is 74.2 Å². The van der Waals surface area contributed by atoms with Crippen molar-refractivity contribution < 1.29 is 9.47 Å². The lowest BCUT2D eigenvalue weighted by Crippen LogP contribution is -2.44. The summed E-state index contributed by atoms with van der Waals surface area (Å²) in [6.07, 6.45) is 4.49. The largest absolute Gasteiger partial charge is 0.501 e. The highest BCUT2D eigenvalue weighted by molar-refractivity contribution is 6.83. The maximum absolute atomic E-state index is 7.36. The third-order valence-corrected chi connectivity index (χ3v) is 9.20. The highest BCUT2D eigenvalue weighted by Gasteiger charge is 2.68. The molecule has 0 saturated carbocycles. The van der Waals surface area contributed by atoms with Crippen molar-refractivity contribution in [1.29, 1.82) is 0 Å². The lowest BCUT2D eigenvalue weighted by atomic mass is 9.67. The minimum Gasteiger partial charge on any atom is -0.501 e. The number of methoxy groups -OCH3 is 1. The van der Waals surface area contributed by atoms with Crippen LogP contribution < -0.4 is 0 Å². The molecule has 3 unspecified atom stereocenters. The van der Waals surface area contributed by atoms with Crippen LogP contribution in [0, 0.1) is 5.92 Å². The zero-order valence-electron chi connectivity index (χ0n) is 17.4. The summed E-state index contributed by atoms with van der Waals surface area (Å²) in [6.45, 7) is 7.35. The highest BCUT2D eigenvalue weighted by Crippen LogP contribution is 2.69. The van der Waals surface area contributed by atoms with Gasteiger partial charge in [-0.25, -0.2) is 0 Å². The van der Waals surface area contributed by atoms with E-state index in [1.165, 1.54) is 40.5 Å². The molecule has 0 N–H and O–H groups in total. The molecule has 0 amide bonds. The van der Waals surface area contributed by atoms with Crippen LogP contribution in [0.15, 0.2) is 65.6 Å². The smallest absolute Gasteiger partial charge is 0.121 e. The number of hydrogen-bond donors (Lipinski definition) is 0. The standard InChI is InChI=1S/C25H30O2Si/c1-26-22-16-10-13-19-17-24(18-11-6-5-7-12-18)20-14-8-9-15-21(20)25(19,27-24)23(22)28(2,3)4/h5-9,11-12,14-15,19H,10,13,16-17H2,1-4H3. The van der Waals surface area contributed by atoms with E-state index < -0.39 is 8.07 Å². The summed E-state index contributed by atoms with van der Waals surface area (Å²) in [6, 6.07) is 19.9. The molecule has 1 saturated heterocycles. The number of ether oxygens (including phenoxy) is 2. The minimum absolute atomic E-state index is 0.321. The molecule has 3 aliphatic rings. The third kappa shape index (κ3) is 2.23. The Morgan fingerprint density at radius 3 is 2.32 bits per heavy atom. The Balaban J connectivity index is 1.84. The first kappa shape index (κ1) is 18.2. The zero-order chi connectivity index (χ0) is 19.6. The second-order valence-corrected chi connectivity index (χ2v) is 14.6. The lowest BCUT2D eigenvalue weighted by molar-refractivity contribution is -0.0518. The summed E-state index contributed by atoms with van der Waals surface area (Å²) in [5, 5.41) is 1.49. The Kier molecular flexibility index (Phi) is 3.95. The maximum atomic E-state index is 7.36. The van der Waals surface area contributed by atoms with E-state index in [0.29, 0.717) is 5.92 Å². The molecule has 2 nitrogen and oxygen atoms in total. The fourth-order valence-corrected chi connectivity index (χ4v) is 8.81. The molecule has 2 heterocycles. The van der Waals surface area contributed by atoms with Crippen molar-refractivity contribution in [1.82, 2.24) is 0 Å². The van der Waals surface area contributed by atoms with Crippen LogP contribution in [0.25, 0.3) is 0 Å². The van der Waals surface area contributed by atoms with Gasteiger partial charge in [0.2, 0.25) is 0 Å². The maximum Gasteiger partial charge on any atom is 0.121 e. The first-order chi connectivity index (χ1) is 13.4. The van der Waals surface area contributed by atoms with Crippen molar-refractivity contribution in [3.8, 4) is 0 Å². The van der Waals surface area contributed by atoms with E-state index in [0.717, 1.165) is 12.8 Å². The zero-order valence-corrected chi connectivity index (χ0v) is 18.4. The van der Waals surface area contributed by atoms with Gasteiger partial charge in [0.05, 0.1) is 20.9 Å². The van der Waals surface area contributed by atoms with Gasteiger partial charge in [0.25, 0.3) is 0 Å². The summed E-state index contributed by atoms with van der Waals surface area (Å²) in [7, 11) is 0.156. The van der Waals surface area contributed by atoms with Gasteiger partial charge in [0.15, 0.2) is 0 Å². The molecule has 0 radical (unpaired) electrons. The van der Waals surface area contributed by atoms with Crippen LogP contribution in [0.2, 0.25) is 19.6 Å². The normalized spacial score (nSPS) is 31.4. The summed E-state index contributed by atoms with van der Waals surface area (Å²) >= 11 is 0. The number of benzene rings is 2. The molecule has 2 aliphatic heterocycles. The van der Waals surface area contributed by atoms with Gasteiger partial charge in [-0.15, -0.1) is 0 Å². The molecule has 2 aromatic rings. The Bertz CT molecular complexity index is 943. The van der Waals surface area contributed by atoms with E-state index in [-0.39, 0.29) is 11.2 Å². The van der Waals surface area contributed by atoms with Crippen LogP contribution in [0.3, 0.4) is 0 Å². The van der Waals surface area contributed by atoms with Crippen molar-refractivity contribution in [2.45, 2.75) is 56.5 Å². The molecule has 3 heteroatoms. The quantitative estimate of drug-likeness (QED) is 0.586. The highest BCUT2D eigenvalue weighted by atomic mass is 28.3. The van der Waals surface area contributed by atoms with Crippen LogP contribution in [0.4, 0.5) is 0 Å². The lowest BCUT2D eigenvalue weighted by Gasteiger charge is -2.41. The van der Waals surface area contributed by atoms with Gasteiger partial charge in [-0.05, 0) is 47.1 Å².